The molecule has 0 radical (unpaired) electrons. The Labute approximate surface area is 152 Å². The number of methoxy groups -OCH3 is 1. The molecule has 2 N–H and O–H groups in total. The molecule has 1 aromatic rings. The van der Waals surface area contributed by atoms with Crippen LogP contribution in [0.5, 0.6) is 0 Å². The van der Waals surface area contributed by atoms with Crippen LogP contribution in [0.25, 0.3) is 0 Å². The number of ether oxygens (including phenoxy) is 1. The summed E-state index contributed by atoms with van der Waals surface area (Å²) in [6.07, 6.45) is 3.04. The molecule has 9 heteroatoms. The van der Waals surface area contributed by atoms with Gasteiger partial charge in [-0.2, -0.15) is 0 Å². The van der Waals surface area contributed by atoms with E-state index in [4.69, 9.17) is 5.11 Å². The summed E-state index contributed by atoms with van der Waals surface area (Å²) >= 11 is 0. The van der Waals surface area contributed by atoms with Crippen molar-refractivity contribution >= 4 is 17.8 Å². The number of nitrogens with zero attached hydrogens (tertiary/aromatic N) is 2. The number of carbonyl (C=O) groups excluding carboxylic acids is 2. The number of aliphatic carboxylic acids is 1. The molecular formula is C17H27FN3O5+. The SMILES string of the molecule is CC(C)(C)NC(=O)c1cc[n+](CCC(=O)O)nc1.COC(=O)C(C)(C)F. The fraction of sp³-hybridized carbons (Fsp3) is 0.588. The lowest BCUT2D eigenvalue weighted by Gasteiger charge is -2.19. The number of aromatic nitrogens is 2. The topological polar surface area (TPSA) is 109 Å². The molecule has 0 saturated heterocycles. The van der Waals surface area contributed by atoms with Crippen LogP contribution in [0.1, 0.15) is 51.4 Å². The van der Waals surface area contributed by atoms with Crippen molar-refractivity contribution in [2.45, 2.75) is 58.8 Å². The highest BCUT2D eigenvalue weighted by atomic mass is 19.1. The number of halogens is 1. The van der Waals surface area contributed by atoms with Gasteiger partial charge in [-0.05, 0) is 39.7 Å². The van der Waals surface area contributed by atoms with Crippen LogP contribution in [0.2, 0.25) is 0 Å². The Hall–Kier alpha value is -2.58. The molecule has 0 aromatic carbocycles. The van der Waals surface area contributed by atoms with Crippen LogP contribution in [0, 0.1) is 0 Å². The smallest absolute Gasteiger partial charge is 0.343 e. The highest BCUT2D eigenvalue weighted by Gasteiger charge is 2.26. The molecule has 0 unspecified atom stereocenters. The van der Waals surface area contributed by atoms with Crippen LogP contribution in [0.3, 0.4) is 0 Å². The first kappa shape index (κ1) is 23.4. The predicted octanol–water partition coefficient (Wildman–Crippen LogP) is 1.28. The minimum atomic E-state index is -1.85. The van der Waals surface area contributed by atoms with E-state index in [0.717, 1.165) is 21.0 Å². The zero-order valence-electron chi connectivity index (χ0n) is 16.0. The predicted molar refractivity (Wildman–Crippen MR) is 91.1 cm³/mol. The van der Waals surface area contributed by atoms with Gasteiger partial charge in [-0.15, -0.1) is 0 Å². The second-order valence-electron chi connectivity index (χ2n) is 6.99. The molecule has 26 heavy (non-hydrogen) atoms. The van der Waals surface area contributed by atoms with Gasteiger partial charge in [0.25, 0.3) is 5.91 Å². The van der Waals surface area contributed by atoms with Gasteiger partial charge < -0.3 is 15.2 Å². The fourth-order valence-corrected chi connectivity index (χ4v) is 1.52. The number of amides is 1. The van der Waals surface area contributed by atoms with Gasteiger partial charge in [0, 0.05) is 11.6 Å². The van der Waals surface area contributed by atoms with Gasteiger partial charge in [-0.1, -0.05) is 4.68 Å². The maximum atomic E-state index is 12.3. The van der Waals surface area contributed by atoms with Gasteiger partial charge in [0.15, 0.2) is 12.7 Å². The Kier molecular flexibility index (Phi) is 8.82. The Morgan fingerprint density at radius 1 is 1.27 bits per heavy atom. The molecule has 0 saturated carbocycles. The number of esters is 1. The molecule has 1 heterocycles. The number of carboxylic acids is 1. The van der Waals surface area contributed by atoms with E-state index in [1.165, 1.54) is 10.9 Å². The van der Waals surface area contributed by atoms with E-state index in [1.807, 2.05) is 20.8 Å². The highest BCUT2D eigenvalue weighted by molar-refractivity contribution is 5.94. The second-order valence-corrected chi connectivity index (χ2v) is 6.99. The summed E-state index contributed by atoms with van der Waals surface area (Å²) in [6.45, 7) is 8.28. The summed E-state index contributed by atoms with van der Waals surface area (Å²) in [5.41, 5.74) is -1.70. The molecule has 0 aliphatic carbocycles. The van der Waals surface area contributed by atoms with E-state index in [2.05, 4.69) is 15.2 Å². The molecule has 0 spiro atoms. The van der Waals surface area contributed by atoms with E-state index in [-0.39, 0.29) is 24.4 Å². The van der Waals surface area contributed by atoms with Gasteiger partial charge in [-0.25, -0.2) is 9.18 Å². The number of hydrogen-bond donors (Lipinski definition) is 2. The molecule has 1 aromatic heterocycles. The number of rotatable bonds is 5. The van der Waals surface area contributed by atoms with Crippen molar-refractivity contribution in [2.24, 2.45) is 0 Å². The first-order valence-corrected chi connectivity index (χ1v) is 7.93. The van der Waals surface area contributed by atoms with E-state index >= 15 is 0 Å². The largest absolute Gasteiger partial charge is 0.481 e. The van der Waals surface area contributed by atoms with Gasteiger partial charge in [0.1, 0.15) is 12.6 Å². The van der Waals surface area contributed by atoms with Crippen LogP contribution in [0.15, 0.2) is 18.5 Å². The monoisotopic (exact) mass is 372 g/mol. The first-order chi connectivity index (χ1) is 11.8. The number of hydrogen-bond acceptors (Lipinski definition) is 5. The maximum Gasteiger partial charge on any atom is 0.343 e. The molecule has 0 bridgehead atoms. The van der Waals surface area contributed by atoms with Gasteiger partial charge in [0.05, 0.1) is 12.7 Å². The lowest BCUT2D eigenvalue weighted by atomic mass is 10.1. The van der Waals surface area contributed by atoms with Crippen LogP contribution >= 0.6 is 0 Å². The first-order valence-electron chi connectivity index (χ1n) is 7.93. The third-order valence-electron chi connectivity index (χ3n) is 2.75. The number of nitrogens with one attached hydrogen (secondary N) is 1. The number of carboxylic acid groups (broad SMARTS) is 1. The zero-order valence-corrected chi connectivity index (χ0v) is 16.0. The van der Waals surface area contributed by atoms with Crippen molar-refractivity contribution in [3.63, 3.8) is 0 Å². The molecule has 0 fully saturated rings. The normalized spacial score (nSPS) is 11.0. The summed E-state index contributed by atoms with van der Waals surface area (Å²) < 4.78 is 17.9. The molecule has 1 rings (SSSR count). The standard InChI is InChI=1S/C12H17N3O3.C5H9FO2/c1-12(2,3)14-11(18)9-4-6-15(13-8-9)7-5-10(16)17;1-5(2,6)4(7)8-3/h4,6,8H,5,7H2,1-3H3,(H-,14,16,17,18);1-3H3/p+1. The van der Waals surface area contributed by atoms with Crippen molar-refractivity contribution in [3.8, 4) is 0 Å². The van der Waals surface area contributed by atoms with Crippen LogP contribution in [-0.2, 0) is 20.9 Å². The lowest BCUT2D eigenvalue weighted by molar-refractivity contribution is -0.753. The minimum Gasteiger partial charge on any atom is -0.481 e. The molecule has 0 atom stereocenters. The van der Waals surface area contributed by atoms with Crippen molar-refractivity contribution < 1.29 is 33.3 Å². The molecule has 0 aliphatic heterocycles. The van der Waals surface area contributed by atoms with Gasteiger partial charge in [-0.3, -0.25) is 9.59 Å². The molecule has 146 valence electrons. The van der Waals surface area contributed by atoms with Crippen molar-refractivity contribution in [1.29, 1.82) is 0 Å². The van der Waals surface area contributed by atoms with Crippen molar-refractivity contribution in [2.75, 3.05) is 7.11 Å². The van der Waals surface area contributed by atoms with E-state index < -0.39 is 17.6 Å². The fourth-order valence-electron chi connectivity index (χ4n) is 1.52. The summed E-state index contributed by atoms with van der Waals surface area (Å²) in [5.74, 6) is -1.91. The Morgan fingerprint density at radius 2 is 1.85 bits per heavy atom. The molecular weight excluding hydrogens is 345 g/mol. The zero-order chi connectivity index (χ0) is 20.5. The van der Waals surface area contributed by atoms with Crippen molar-refractivity contribution in [1.82, 2.24) is 10.4 Å². The summed E-state index contributed by atoms with van der Waals surface area (Å²) in [4.78, 5) is 32.4. The van der Waals surface area contributed by atoms with Gasteiger partial charge >= 0.3 is 11.9 Å². The molecule has 8 nitrogen and oxygen atoms in total. The van der Waals surface area contributed by atoms with E-state index in [9.17, 15) is 18.8 Å². The van der Waals surface area contributed by atoms with Crippen LogP contribution in [0.4, 0.5) is 4.39 Å². The maximum absolute atomic E-state index is 12.3. The summed E-state index contributed by atoms with van der Waals surface area (Å²) in [6, 6.07) is 1.62. The summed E-state index contributed by atoms with van der Waals surface area (Å²) in [5, 5.41) is 15.4. The van der Waals surface area contributed by atoms with Gasteiger partial charge in [0.2, 0.25) is 5.67 Å². The van der Waals surface area contributed by atoms with Crippen LogP contribution < -0.4 is 10.00 Å². The summed E-state index contributed by atoms with van der Waals surface area (Å²) in [7, 11) is 1.16. The lowest BCUT2D eigenvalue weighted by Crippen LogP contribution is -2.42. The van der Waals surface area contributed by atoms with E-state index in [1.54, 1.807) is 12.3 Å². The third kappa shape index (κ3) is 10.3. The second kappa shape index (κ2) is 9.79. The highest BCUT2D eigenvalue weighted by Crippen LogP contribution is 2.08. The number of carbonyl (C=O) groups is 3. The number of alkyl halides is 1. The number of aryl methyl sites for hydroxylation is 1. The van der Waals surface area contributed by atoms with Crippen LogP contribution in [-0.4, -0.2) is 46.4 Å². The molecule has 0 aliphatic rings. The van der Waals surface area contributed by atoms with E-state index in [0.29, 0.717) is 5.56 Å². The average Bonchev–Trinajstić information content (AvgIpc) is 2.50. The minimum absolute atomic E-state index is 0.00516. The Morgan fingerprint density at radius 3 is 2.15 bits per heavy atom. The third-order valence-corrected chi connectivity index (χ3v) is 2.75. The Balaban J connectivity index is 0.000000660. The average molecular weight is 372 g/mol. The quantitative estimate of drug-likeness (QED) is 0.595. The van der Waals surface area contributed by atoms with Crippen molar-refractivity contribution in [3.05, 3.63) is 24.0 Å². The Bertz CT molecular complexity index is 619. The molecule has 1 amide bonds.